The second-order valence-electron chi connectivity index (χ2n) is 3.25. The Balaban J connectivity index is 2.42. The van der Waals surface area contributed by atoms with E-state index in [4.69, 9.17) is 9.29 Å². The molecule has 0 bridgehead atoms. The van der Waals surface area contributed by atoms with E-state index < -0.39 is 10.1 Å². The summed E-state index contributed by atoms with van der Waals surface area (Å²) in [6.45, 7) is 4.53. The van der Waals surface area contributed by atoms with Crippen LogP contribution in [0.5, 0.6) is 0 Å². The van der Waals surface area contributed by atoms with Crippen molar-refractivity contribution >= 4 is 10.1 Å². The fourth-order valence-electron chi connectivity index (χ4n) is 1.43. The van der Waals surface area contributed by atoms with Gasteiger partial charge in [-0.05, 0) is 6.92 Å². The lowest BCUT2D eigenvalue weighted by Gasteiger charge is -2.31. The highest BCUT2D eigenvalue weighted by molar-refractivity contribution is 7.85. The molecule has 0 amide bonds. The average Bonchev–Trinajstić information content (AvgIpc) is 2.03. The van der Waals surface area contributed by atoms with E-state index in [1.807, 2.05) is 4.90 Å². The summed E-state index contributed by atoms with van der Waals surface area (Å²) in [5.41, 5.74) is 0. The first-order chi connectivity index (χ1) is 5.99. The highest BCUT2D eigenvalue weighted by Gasteiger charge is 2.21. The van der Waals surface area contributed by atoms with Crippen molar-refractivity contribution in [1.82, 2.24) is 4.90 Å². The predicted octanol–water partition coefficient (Wildman–Crippen LogP) is -0.405. The van der Waals surface area contributed by atoms with Crippen LogP contribution in [-0.2, 0) is 14.9 Å². The SMILES string of the molecule is C[C@@H](CS(=O)(=O)O)N1CCOCC1. The van der Waals surface area contributed by atoms with E-state index in [9.17, 15) is 8.42 Å². The molecule has 0 aromatic carbocycles. The van der Waals surface area contributed by atoms with Crippen LogP contribution in [0.1, 0.15) is 6.92 Å². The molecule has 0 aromatic heterocycles. The maximum atomic E-state index is 10.6. The standard InChI is InChI=1S/C7H15NO4S/c1-7(6-13(9,10)11)8-2-4-12-5-3-8/h7H,2-6H2,1H3,(H,9,10,11)/t7-/m0/s1. The summed E-state index contributed by atoms with van der Waals surface area (Å²) in [4.78, 5) is 2.00. The van der Waals surface area contributed by atoms with E-state index in [1.54, 1.807) is 6.92 Å². The minimum atomic E-state index is -3.86. The van der Waals surface area contributed by atoms with E-state index in [2.05, 4.69) is 0 Å². The van der Waals surface area contributed by atoms with Gasteiger partial charge in [-0.3, -0.25) is 9.45 Å². The molecule has 13 heavy (non-hydrogen) atoms. The highest BCUT2D eigenvalue weighted by Crippen LogP contribution is 2.05. The first-order valence-corrected chi connectivity index (χ1v) is 5.87. The van der Waals surface area contributed by atoms with Gasteiger partial charge in [0.15, 0.2) is 0 Å². The zero-order valence-corrected chi connectivity index (χ0v) is 8.46. The molecule has 1 aliphatic heterocycles. The molecule has 0 aliphatic carbocycles. The maximum Gasteiger partial charge on any atom is 0.266 e. The van der Waals surface area contributed by atoms with Crippen molar-refractivity contribution in [3.63, 3.8) is 0 Å². The molecule has 0 radical (unpaired) electrons. The summed E-state index contributed by atoms with van der Waals surface area (Å²) in [7, 11) is -3.86. The van der Waals surface area contributed by atoms with E-state index in [0.717, 1.165) is 13.1 Å². The summed E-state index contributed by atoms with van der Waals surface area (Å²) < 4.78 is 34.9. The minimum Gasteiger partial charge on any atom is -0.379 e. The zero-order chi connectivity index (χ0) is 9.90. The number of hydrogen-bond donors (Lipinski definition) is 1. The quantitative estimate of drug-likeness (QED) is 0.640. The Morgan fingerprint density at radius 2 is 2.00 bits per heavy atom. The zero-order valence-electron chi connectivity index (χ0n) is 7.64. The fraction of sp³-hybridized carbons (Fsp3) is 1.00. The molecule has 1 saturated heterocycles. The van der Waals surface area contributed by atoms with Gasteiger partial charge in [0.2, 0.25) is 0 Å². The Morgan fingerprint density at radius 3 is 2.46 bits per heavy atom. The Kier molecular flexibility index (Phi) is 3.66. The largest absolute Gasteiger partial charge is 0.379 e. The molecule has 1 N–H and O–H groups in total. The second kappa shape index (κ2) is 4.36. The van der Waals surface area contributed by atoms with Crippen LogP contribution in [0.4, 0.5) is 0 Å². The molecular formula is C7H15NO4S. The lowest BCUT2D eigenvalue weighted by atomic mass is 10.3. The molecule has 1 aliphatic rings. The first kappa shape index (κ1) is 10.9. The van der Waals surface area contributed by atoms with Gasteiger partial charge in [-0.2, -0.15) is 8.42 Å². The van der Waals surface area contributed by atoms with Crippen molar-refractivity contribution in [2.24, 2.45) is 0 Å². The van der Waals surface area contributed by atoms with Crippen LogP contribution in [0.2, 0.25) is 0 Å². The van der Waals surface area contributed by atoms with Crippen LogP contribution in [-0.4, -0.2) is 56.0 Å². The summed E-state index contributed by atoms with van der Waals surface area (Å²) in [5, 5.41) is 0. The number of nitrogens with zero attached hydrogens (tertiary/aromatic N) is 1. The van der Waals surface area contributed by atoms with Gasteiger partial charge in [-0.25, -0.2) is 0 Å². The second-order valence-corrected chi connectivity index (χ2v) is 4.74. The number of ether oxygens (including phenoxy) is 1. The van der Waals surface area contributed by atoms with Gasteiger partial charge in [0.1, 0.15) is 0 Å². The average molecular weight is 209 g/mol. The van der Waals surface area contributed by atoms with Gasteiger partial charge in [0.05, 0.1) is 19.0 Å². The Hall–Kier alpha value is -0.170. The van der Waals surface area contributed by atoms with Crippen LogP contribution >= 0.6 is 0 Å². The first-order valence-electron chi connectivity index (χ1n) is 4.26. The van der Waals surface area contributed by atoms with Gasteiger partial charge >= 0.3 is 0 Å². The van der Waals surface area contributed by atoms with Crippen molar-refractivity contribution in [2.45, 2.75) is 13.0 Å². The number of rotatable bonds is 3. The van der Waals surface area contributed by atoms with Crippen LogP contribution < -0.4 is 0 Å². The summed E-state index contributed by atoms with van der Waals surface area (Å²) in [6, 6.07) is -0.140. The van der Waals surface area contributed by atoms with E-state index in [-0.39, 0.29) is 11.8 Å². The molecule has 0 aromatic rings. The molecule has 0 spiro atoms. The van der Waals surface area contributed by atoms with Crippen molar-refractivity contribution in [2.75, 3.05) is 32.1 Å². The van der Waals surface area contributed by atoms with Crippen LogP contribution in [0, 0.1) is 0 Å². The van der Waals surface area contributed by atoms with Crippen LogP contribution in [0.3, 0.4) is 0 Å². The number of hydrogen-bond acceptors (Lipinski definition) is 4. The molecule has 78 valence electrons. The monoisotopic (exact) mass is 209 g/mol. The third kappa shape index (κ3) is 4.04. The molecule has 1 fully saturated rings. The molecule has 1 atom stereocenters. The normalized spacial score (nSPS) is 22.9. The Labute approximate surface area is 78.4 Å². The van der Waals surface area contributed by atoms with Crippen molar-refractivity contribution in [3.8, 4) is 0 Å². The molecule has 0 unspecified atom stereocenters. The Bertz CT molecular complexity index is 245. The van der Waals surface area contributed by atoms with Gasteiger partial charge in [-0.1, -0.05) is 0 Å². The molecule has 0 saturated carbocycles. The van der Waals surface area contributed by atoms with Crippen molar-refractivity contribution in [3.05, 3.63) is 0 Å². The molecule has 6 heteroatoms. The maximum absolute atomic E-state index is 10.6. The fourth-order valence-corrected chi connectivity index (χ4v) is 2.25. The molecular weight excluding hydrogens is 194 g/mol. The number of morpholine rings is 1. The van der Waals surface area contributed by atoms with Crippen LogP contribution in [0.25, 0.3) is 0 Å². The van der Waals surface area contributed by atoms with E-state index in [0.29, 0.717) is 13.2 Å². The third-order valence-electron chi connectivity index (χ3n) is 2.12. The topological polar surface area (TPSA) is 66.8 Å². The summed E-state index contributed by atoms with van der Waals surface area (Å²) in [5.74, 6) is -0.201. The van der Waals surface area contributed by atoms with Gasteiger partial charge in [0.25, 0.3) is 10.1 Å². The minimum absolute atomic E-state index is 0.140. The lowest BCUT2D eigenvalue weighted by Crippen LogP contribution is -2.44. The third-order valence-corrected chi connectivity index (χ3v) is 3.02. The van der Waals surface area contributed by atoms with E-state index >= 15 is 0 Å². The van der Waals surface area contributed by atoms with Crippen LogP contribution in [0.15, 0.2) is 0 Å². The molecule has 1 rings (SSSR count). The van der Waals surface area contributed by atoms with Gasteiger partial charge in [0, 0.05) is 19.1 Å². The molecule has 1 heterocycles. The Morgan fingerprint density at radius 1 is 1.46 bits per heavy atom. The van der Waals surface area contributed by atoms with E-state index in [1.165, 1.54) is 0 Å². The predicted molar refractivity (Wildman–Crippen MR) is 48.3 cm³/mol. The summed E-state index contributed by atoms with van der Waals surface area (Å²) in [6.07, 6.45) is 0. The van der Waals surface area contributed by atoms with Gasteiger partial charge in [-0.15, -0.1) is 0 Å². The van der Waals surface area contributed by atoms with Gasteiger partial charge < -0.3 is 4.74 Å². The lowest BCUT2D eigenvalue weighted by molar-refractivity contribution is 0.0241. The highest BCUT2D eigenvalue weighted by atomic mass is 32.2. The van der Waals surface area contributed by atoms with Crippen molar-refractivity contribution in [1.29, 1.82) is 0 Å². The summed E-state index contributed by atoms with van der Waals surface area (Å²) >= 11 is 0. The van der Waals surface area contributed by atoms with Crippen molar-refractivity contribution < 1.29 is 17.7 Å². The smallest absolute Gasteiger partial charge is 0.266 e. The molecule has 5 nitrogen and oxygen atoms in total.